The first-order valence-electron chi connectivity index (χ1n) is 11.7. The number of carbonyl (C=O) groups is 3. The minimum Gasteiger partial charge on any atom is -0.468 e. The zero-order valence-corrected chi connectivity index (χ0v) is 21.7. The molecular weight excluding hydrogens is 514 g/mol. The van der Waals surface area contributed by atoms with Gasteiger partial charge in [0.05, 0.1) is 7.11 Å². The number of methoxy groups -OCH3 is 1. The summed E-state index contributed by atoms with van der Waals surface area (Å²) in [4.78, 5) is 37.1. The van der Waals surface area contributed by atoms with Crippen LogP contribution in [0, 0.1) is 0 Å². The number of amides is 1. The van der Waals surface area contributed by atoms with E-state index < -0.39 is 18.1 Å². The Bertz CT molecular complexity index is 1030. The van der Waals surface area contributed by atoms with E-state index in [1.165, 1.54) is 14.0 Å². The van der Waals surface area contributed by atoms with Crippen LogP contribution in [0.3, 0.4) is 0 Å². The van der Waals surface area contributed by atoms with Crippen molar-refractivity contribution in [3.8, 4) is 0 Å². The summed E-state index contributed by atoms with van der Waals surface area (Å²) in [5.41, 5.74) is 8.74. The van der Waals surface area contributed by atoms with E-state index >= 15 is 0 Å². The van der Waals surface area contributed by atoms with Gasteiger partial charge in [-0.25, -0.2) is 5.01 Å². The second-order valence-corrected chi connectivity index (χ2v) is 9.52. The number of nitrogens with zero attached hydrogens (tertiary/aromatic N) is 2. The molecule has 0 aromatic heterocycles. The van der Waals surface area contributed by atoms with E-state index in [0.29, 0.717) is 32.4 Å². The van der Waals surface area contributed by atoms with E-state index in [1.54, 1.807) is 5.01 Å². The molecule has 0 bridgehead atoms. The average Bonchev–Trinajstić information content (AvgIpc) is 2.85. The Hall–Kier alpha value is -2.75. The largest absolute Gasteiger partial charge is 0.468 e. The summed E-state index contributed by atoms with van der Waals surface area (Å²) in [6, 6.07) is 14.1. The normalized spacial score (nSPS) is 17.0. The number of carbonyl (C=O) groups excluding carboxylic acids is 3. The smallest absolute Gasteiger partial charge is 0.325 e. The first-order chi connectivity index (χ1) is 16.8. The molecule has 1 amide bonds. The lowest BCUT2D eigenvalue weighted by Gasteiger charge is -2.42. The highest BCUT2D eigenvalue weighted by molar-refractivity contribution is 9.10. The molecule has 188 valence electrons. The zero-order chi connectivity index (χ0) is 25.4. The molecule has 0 unspecified atom stereocenters. The Kier molecular flexibility index (Phi) is 9.83. The van der Waals surface area contributed by atoms with Gasteiger partial charge in [-0.2, -0.15) is 0 Å². The predicted molar refractivity (Wildman–Crippen MR) is 135 cm³/mol. The van der Waals surface area contributed by atoms with Crippen molar-refractivity contribution in [1.82, 2.24) is 10.0 Å². The van der Waals surface area contributed by atoms with Crippen LogP contribution in [0.5, 0.6) is 0 Å². The Labute approximate surface area is 214 Å². The van der Waals surface area contributed by atoms with E-state index in [-0.39, 0.29) is 18.5 Å². The van der Waals surface area contributed by atoms with Crippen molar-refractivity contribution in [3.63, 3.8) is 0 Å². The van der Waals surface area contributed by atoms with Crippen LogP contribution >= 0.6 is 15.9 Å². The van der Waals surface area contributed by atoms with Crippen molar-refractivity contribution in [2.75, 3.05) is 20.2 Å². The van der Waals surface area contributed by atoms with Gasteiger partial charge in [0.25, 0.3) is 0 Å². The number of nitrogens with two attached hydrogens (primary N) is 1. The minimum atomic E-state index is -0.749. The number of halogens is 1. The maximum atomic E-state index is 13.0. The summed E-state index contributed by atoms with van der Waals surface area (Å²) in [5, 5.41) is 3.48. The monoisotopic (exact) mass is 545 g/mol. The lowest BCUT2D eigenvalue weighted by atomic mass is 10.0. The van der Waals surface area contributed by atoms with Crippen LogP contribution in [0.1, 0.15) is 36.5 Å². The SMILES string of the molecule is COC(=O)[C@@H](N)Cc1cc(Br)cc(CCN2[C@@H](C(=O)OCc3ccccc3)CCCN2C(C)=O)c1. The summed E-state index contributed by atoms with van der Waals surface area (Å²) < 4.78 is 11.2. The van der Waals surface area contributed by atoms with Gasteiger partial charge in [-0.1, -0.05) is 52.3 Å². The predicted octanol–water partition coefficient (Wildman–Crippen LogP) is 3.01. The molecule has 2 aromatic rings. The van der Waals surface area contributed by atoms with Crippen LogP contribution in [-0.4, -0.2) is 60.1 Å². The average molecular weight is 546 g/mol. The molecule has 0 spiro atoms. The van der Waals surface area contributed by atoms with Gasteiger partial charge in [0.15, 0.2) is 0 Å². The lowest BCUT2D eigenvalue weighted by molar-refractivity contribution is -0.174. The quantitative estimate of drug-likeness (QED) is 0.483. The van der Waals surface area contributed by atoms with E-state index in [2.05, 4.69) is 15.9 Å². The standard InChI is InChI=1S/C26H32BrN3O5/c1-18(31)29-11-6-9-24(26(33)35-17-19-7-4-3-5-8-19)30(29)12-10-20-13-21(15-22(27)14-20)16-23(28)25(32)34-2/h3-5,7-8,13-15,23-24H,6,9-12,16-17,28H2,1-2H3/t23-,24+/m0/s1. The fourth-order valence-electron chi connectivity index (χ4n) is 4.27. The first-order valence-corrected chi connectivity index (χ1v) is 12.4. The molecular formula is C26H32BrN3O5. The third-order valence-corrected chi connectivity index (χ3v) is 6.44. The highest BCUT2D eigenvalue weighted by Crippen LogP contribution is 2.23. The molecule has 0 saturated carbocycles. The number of hydrogen-bond acceptors (Lipinski definition) is 7. The fraction of sp³-hybridized carbons (Fsp3) is 0.423. The summed E-state index contributed by atoms with van der Waals surface area (Å²) in [6.07, 6.45) is 2.28. The maximum absolute atomic E-state index is 13.0. The Morgan fingerprint density at radius 2 is 1.83 bits per heavy atom. The van der Waals surface area contributed by atoms with Crippen LogP contribution in [0.4, 0.5) is 0 Å². The van der Waals surface area contributed by atoms with E-state index in [0.717, 1.165) is 27.6 Å². The van der Waals surface area contributed by atoms with Crippen molar-refractivity contribution in [2.45, 2.75) is 51.3 Å². The number of ether oxygens (including phenoxy) is 2. The van der Waals surface area contributed by atoms with Gasteiger partial charge in [-0.05, 0) is 54.5 Å². The van der Waals surface area contributed by atoms with Crippen LogP contribution in [0.2, 0.25) is 0 Å². The second kappa shape index (κ2) is 12.8. The third kappa shape index (κ3) is 7.62. The van der Waals surface area contributed by atoms with Crippen LogP contribution in [0.15, 0.2) is 53.0 Å². The molecule has 2 aromatic carbocycles. The highest BCUT2D eigenvalue weighted by Gasteiger charge is 2.36. The highest BCUT2D eigenvalue weighted by atomic mass is 79.9. The van der Waals surface area contributed by atoms with Gasteiger partial charge in [0, 0.05) is 24.5 Å². The maximum Gasteiger partial charge on any atom is 0.325 e. The van der Waals surface area contributed by atoms with Gasteiger partial charge >= 0.3 is 11.9 Å². The van der Waals surface area contributed by atoms with E-state index in [1.807, 2.05) is 53.5 Å². The molecule has 0 radical (unpaired) electrons. The van der Waals surface area contributed by atoms with Gasteiger partial charge < -0.3 is 15.2 Å². The zero-order valence-electron chi connectivity index (χ0n) is 20.1. The van der Waals surface area contributed by atoms with E-state index in [9.17, 15) is 14.4 Å². The molecule has 1 heterocycles. The Balaban J connectivity index is 1.71. The number of esters is 2. The van der Waals surface area contributed by atoms with Crippen LogP contribution in [0.25, 0.3) is 0 Å². The first kappa shape index (κ1) is 26.8. The molecule has 0 aliphatic carbocycles. The third-order valence-electron chi connectivity index (χ3n) is 5.98. The molecule has 8 nitrogen and oxygen atoms in total. The molecule has 3 rings (SSSR count). The van der Waals surface area contributed by atoms with Crippen molar-refractivity contribution >= 4 is 33.8 Å². The lowest BCUT2D eigenvalue weighted by Crippen LogP contribution is -2.58. The summed E-state index contributed by atoms with van der Waals surface area (Å²) in [6.45, 7) is 2.73. The second-order valence-electron chi connectivity index (χ2n) is 8.61. The Morgan fingerprint density at radius 3 is 2.51 bits per heavy atom. The van der Waals surface area contributed by atoms with Gasteiger partial charge in [0.1, 0.15) is 18.7 Å². The van der Waals surface area contributed by atoms with Crippen molar-refractivity contribution in [1.29, 1.82) is 0 Å². The fourth-order valence-corrected chi connectivity index (χ4v) is 4.86. The Morgan fingerprint density at radius 1 is 1.11 bits per heavy atom. The number of benzene rings is 2. The molecule has 2 atom stereocenters. The van der Waals surface area contributed by atoms with Crippen molar-refractivity contribution in [3.05, 3.63) is 69.7 Å². The van der Waals surface area contributed by atoms with Gasteiger partial charge in [-0.3, -0.25) is 19.4 Å². The van der Waals surface area contributed by atoms with Crippen LogP contribution < -0.4 is 5.73 Å². The topological polar surface area (TPSA) is 102 Å². The minimum absolute atomic E-state index is 0.107. The number of rotatable bonds is 9. The summed E-state index contributed by atoms with van der Waals surface area (Å²) in [5.74, 6) is -0.905. The molecule has 1 aliphatic rings. The molecule has 1 saturated heterocycles. The molecule has 1 aliphatic heterocycles. The van der Waals surface area contributed by atoms with Crippen molar-refractivity contribution < 1.29 is 23.9 Å². The molecule has 2 N–H and O–H groups in total. The molecule has 1 fully saturated rings. The van der Waals surface area contributed by atoms with Crippen molar-refractivity contribution in [2.24, 2.45) is 5.73 Å². The number of hydrazine groups is 1. The van der Waals surface area contributed by atoms with Gasteiger partial charge in [0.2, 0.25) is 5.91 Å². The summed E-state index contributed by atoms with van der Waals surface area (Å²) in [7, 11) is 1.31. The van der Waals surface area contributed by atoms with Crippen LogP contribution in [-0.2, 0) is 43.3 Å². The molecule has 35 heavy (non-hydrogen) atoms. The van der Waals surface area contributed by atoms with Gasteiger partial charge in [-0.15, -0.1) is 0 Å². The molecule has 9 heteroatoms. The van der Waals surface area contributed by atoms with E-state index in [4.69, 9.17) is 15.2 Å². The summed E-state index contributed by atoms with van der Waals surface area (Å²) >= 11 is 3.53. The number of hydrogen-bond donors (Lipinski definition) is 1.